The number of pyridine rings is 1. The second-order valence-corrected chi connectivity index (χ2v) is 4.75. The van der Waals surface area contributed by atoms with Gasteiger partial charge in [-0.2, -0.15) is 5.26 Å². The quantitative estimate of drug-likeness (QED) is 0.876. The first-order chi connectivity index (χ1) is 8.69. The van der Waals surface area contributed by atoms with Crippen LogP contribution in [0.1, 0.15) is 16.4 Å². The SMILES string of the molecule is Cc1csc(CCNc2ccc(N)c(C#N)n2)n1. The molecule has 3 N–H and O–H groups in total. The van der Waals surface area contributed by atoms with Gasteiger partial charge in [-0.05, 0) is 19.1 Å². The molecule has 2 aromatic heterocycles. The van der Waals surface area contributed by atoms with Crippen molar-refractivity contribution in [1.82, 2.24) is 9.97 Å². The highest BCUT2D eigenvalue weighted by Gasteiger charge is 2.02. The molecule has 0 aliphatic rings. The summed E-state index contributed by atoms with van der Waals surface area (Å²) in [6.07, 6.45) is 0.840. The molecular weight excluding hydrogens is 246 g/mol. The van der Waals surface area contributed by atoms with E-state index in [-0.39, 0.29) is 5.69 Å². The maximum atomic E-state index is 8.82. The van der Waals surface area contributed by atoms with E-state index < -0.39 is 0 Å². The van der Waals surface area contributed by atoms with Gasteiger partial charge >= 0.3 is 0 Å². The third-order valence-corrected chi connectivity index (χ3v) is 3.37. The normalized spacial score (nSPS) is 10.0. The van der Waals surface area contributed by atoms with Gasteiger partial charge in [-0.1, -0.05) is 0 Å². The summed E-state index contributed by atoms with van der Waals surface area (Å²) in [5, 5.41) is 15.1. The van der Waals surface area contributed by atoms with Crippen molar-refractivity contribution in [1.29, 1.82) is 5.26 Å². The van der Waals surface area contributed by atoms with Crippen molar-refractivity contribution < 1.29 is 0 Å². The highest BCUT2D eigenvalue weighted by atomic mass is 32.1. The molecule has 0 amide bonds. The molecule has 0 fully saturated rings. The lowest BCUT2D eigenvalue weighted by Gasteiger charge is -2.05. The molecule has 92 valence electrons. The number of hydrogen-bond acceptors (Lipinski definition) is 6. The van der Waals surface area contributed by atoms with Crippen LogP contribution < -0.4 is 11.1 Å². The number of anilines is 2. The van der Waals surface area contributed by atoms with Crippen molar-refractivity contribution in [3.05, 3.63) is 33.9 Å². The van der Waals surface area contributed by atoms with E-state index in [4.69, 9.17) is 11.0 Å². The van der Waals surface area contributed by atoms with E-state index in [0.717, 1.165) is 23.7 Å². The van der Waals surface area contributed by atoms with Crippen molar-refractivity contribution in [2.75, 3.05) is 17.6 Å². The molecule has 0 atom stereocenters. The average Bonchev–Trinajstić information content (AvgIpc) is 2.77. The molecule has 0 aliphatic carbocycles. The van der Waals surface area contributed by atoms with Crippen LogP contribution in [0.4, 0.5) is 11.5 Å². The molecule has 0 spiro atoms. The van der Waals surface area contributed by atoms with E-state index >= 15 is 0 Å². The summed E-state index contributed by atoms with van der Waals surface area (Å²) in [4.78, 5) is 8.49. The van der Waals surface area contributed by atoms with Crippen LogP contribution in [-0.4, -0.2) is 16.5 Å². The van der Waals surface area contributed by atoms with Crippen LogP contribution in [0.25, 0.3) is 0 Å². The van der Waals surface area contributed by atoms with Gasteiger partial charge in [-0.15, -0.1) is 11.3 Å². The Morgan fingerprint density at radius 1 is 1.44 bits per heavy atom. The summed E-state index contributed by atoms with van der Waals surface area (Å²) in [5.74, 6) is 0.661. The zero-order chi connectivity index (χ0) is 13.0. The molecule has 5 nitrogen and oxygen atoms in total. The number of nitrogen functional groups attached to an aromatic ring is 1. The average molecular weight is 259 g/mol. The Labute approximate surface area is 109 Å². The standard InChI is InChI=1S/C12H13N5S/c1-8-7-18-12(16-8)4-5-15-11-3-2-9(14)10(6-13)17-11/h2-3,7H,4-5,14H2,1H3,(H,15,17). The lowest BCUT2D eigenvalue weighted by Crippen LogP contribution is -2.07. The summed E-state index contributed by atoms with van der Waals surface area (Å²) in [5.41, 5.74) is 7.31. The maximum absolute atomic E-state index is 8.82. The number of nitrogens with two attached hydrogens (primary N) is 1. The predicted octanol–water partition coefficient (Wildman–Crippen LogP) is 1.95. The molecule has 0 saturated carbocycles. The molecule has 18 heavy (non-hydrogen) atoms. The fourth-order valence-electron chi connectivity index (χ4n) is 1.47. The minimum absolute atomic E-state index is 0.255. The molecule has 0 aliphatic heterocycles. The van der Waals surface area contributed by atoms with Gasteiger partial charge in [0.25, 0.3) is 0 Å². The van der Waals surface area contributed by atoms with Crippen molar-refractivity contribution in [2.45, 2.75) is 13.3 Å². The molecule has 2 heterocycles. The number of nitriles is 1. The van der Waals surface area contributed by atoms with Crippen molar-refractivity contribution >= 4 is 22.8 Å². The Kier molecular flexibility index (Phi) is 3.75. The summed E-state index contributed by atoms with van der Waals surface area (Å²) >= 11 is 1.65. The van der Waals surface area contributed by atoms with Crippen LogP contribution in [0.5, 0.6) is 0 Å². The minimum atomic E-state index is 0.255. The van der Waals surface area contributed by atoms with Gasteiger partial charge in [-0.25, -0.2) is 9.97 Å². The summed E-state index contributed by atoms with van der Waals surface area (Å²) in [7, 11) is 0. The maximum Gasteiger partial charge on any atom is 0.165 e. The molecular formula is C12H13N5S. The number of rotatable bonds is 4. The first kappa shape index (κ1) is 12.3. The summed E-state index contributed by atoms with van der Waals surface area (Å²) in [6, 6.07) is 5.41. The largest absolute Gasteiger partial charge is 0.396 e. The molecule has 0 saturated heterocycles. The van der Waals surface area contributed by atoms with Crippen LogP contribution in [-0.2, 0) is 6.42 Å². The Balaban J connectivity index is 1.93. The number of aryl methyl sites for hydroxylation is 1. The van der Waals surface area contributed by atoms with Gasteiger partial charge in [0, 0.05) is 24.0 Å². The smallest absolute Gasteiger partial charge is 0.165 e. The fraction of sp³-hybridized carbons (Fsp3) is 0.250. The fourth-order valence-corrected chi connectivity index (χ4v) is 2.25. The first-order valence-electron chi connectivity index (χ1n) is 5.50. The van der Waals surface area contributed by atoms with Gasteiger partial charge in [0.05, 0.1) is 10.7 Å². The zero-order valence-corrected chi connectivity index (χ0v) is 10.8. The van der Waals surface area contributed by atoms with E-state index in [9.17, 15) is 0 Å². The minimum Gasteiger partial charge on any atom is -0.396 e. The van der Waals surface area contributed by atoms with Crippen molar-refractivity contribution in [3.8, 4) is 6.07 Å². The number of hydrogen-bond donors (Lipinski definition) is 2. The number of thiazole rings is 1. The Bertz CT molecular complexity index is 584. The van der Waals surface area contributed by atoms with Crippen LogP contribution in [0.2, 0.25) is 0 Å². The van der Waals surface area contributed by atoms with Gasteiger partial charge in [-0.3, -0.25) is 0 Å². The first-order valence-corrected chi connectivity index (χ1v) is 6.38. The molecule has 2 aromatic rings. The molecule has 2 rings (SSSR count). The van der Waals surface area contributed by atoms with Crippen LogP contribution in [0, 0.1) is 18.3 Å². The number of aromatic nitrogens is 2. The van der Waals surface area contributed by atoms with E-state index in [2.05, 4.69) is 15.3 Å². The van der Waals surface area contributed by atoms with Crippen molar-refractivity contribution in [2.24, 2.45) is 0 Å². The lowest BCUT2D eigenvalue weighted by atomic mass is 10.3. The van der Waals surface area contributed by atoms with Crippen molar-refractivity contribution in [3.63, 3.8) is 0 Å². The second kappa shape index (κ2) is 5.47. The predicted molar refractivity (Wildman–Crippen MR) is 72.4 cm³/mol. The Morgan fingerprint density at radius 3 is 2.94 bits per heavy atom. The Morgan fingerprint density at radius 2 is 2.28 bits per heavy atom. The highest BCUT2D eigenvalue weighted by molar-refractivity contribution is 7.09. The van der Waals surface area contributed by atoms with Crippen LogP contribution in [0.3, 0.4) is 0 Å². The van der Waals surface area contributed by atoms with E-state index in [1.54, 1.807) is 23.5 Å². The van der Waals surface area contributed by atoms with E-state index in [1.807, 2.05) is 18.4 Å². The summed E-state index contributed by atoms with van der Waals surface area (Å²) in [6.45, 7) is 2.71. The molecule has 0 unspecified atom stereocenters. The molecule has 0 radical (unpaired) electrons. The van der Waals surface area contributed by atoms with Gasteiger partial charge < -0.3 is 11.1 Å². The van der Waals surface area contributed by atoms with Gasteiger partial charge in [0.1, 0.15) is 11.9 Å². The van der Waals surface area contributed by atoms with E-state index in [0.29, 0.717) is 11.5 Å². The summed E-state index contributed by atoms with van der Waals surface area (Å²) < 4.78 is 0. The topological polar surface area (TPSA) is 87.6 Å². The molecule has 0 bridgehead atoms. The van der Waals surface area contributed by atoms with Gasteiger partial charge in [0.15, 0.2) is 5.69 Å². The molecule has 6 heteroatoms. The highest BCUT2D eigenvalue weighted by Crippen LogP contribution is 2.13. The lowest BCUT2D eigenvalue weighted by molar-refractivity contribution is 0.977. The van der Waals surface area contributed by atoms with Gasteiger partial charge in [0.2, 0.25) is 0 Å². The molecule has 0 aromatic carbocycles. The Hall–Kier alpha value is -2.13. The second-order valence-electron chi connectivity index (χ2n) is 3.81. The van der Waals surface area contributed by atoms with Crippen LogP contribution in [0.15, 0.2) is 17.5 Å². The monoisotopic (exact) mass is 259 g/mol. The zero-order valence-electron chi connectivity index (χ0n) is 9.97. The van der Waals surface area contributed by atoms with E-state index in [1.165, 1.54) is 0 Å². The third-order valence-electron chi connectivity index (χ3n) is 2.34. The van der Waals surface area contributed by atoms with Crippen LogP contribution >= 0.6 is 11.3 Å². The third kappa shape index (κ3) is 2.96. The number of nitrogens with one attached hydrogen (secondary N) is 1. The number of nitrogens with zero attached hydrogens (tertiary/aromatic N) is 3.